The number of halogens is 1. The van der Waals surface area contributed by atoms with Crippen molar-refractivity contribution in [2.24, 2.45) is 5.73 Å². The van der Waals surface area contributed by atoms with Crippen molar-refractivity contribution >= 4 is 34.2 Å². The molecule has 154 valence electrons. The zero-order valence-corrected chi connectivity index (χ0v) is 17.2. The van der Waals surface area contributed by atoms with Crippen molar-refractivity contribution in [1.82, 2.24) is 14.7 Å². The quantitative estimate of drug-likeness (QED) is 0.699. The van der Waals surface area contributed by atoms with Crippen LogP contribution in [0.3, 0.4) is 0 Å². The number of hydrogen-bond donors (Lipinski definition) is 2. The Morgan fingerprint density at radius 2 is 1.86 bits per heavy atom. The second kappa shape index (κ2) is 9.90. The minimum absolute atomic E-state index is 0. The Balaban J connectivity index is 0.00000280. The predicted octanol–water partition coefficient (Wildman–Crippen LogP) is 1.76. The normalized spacial score (nSPS) is 15.1. The predicted molar refractivity (Wildman–Crippen MR) is 111 cm³/mol. The van der Waals surface area contributed by atoms with Gasteiger partial charge in [0.25, 0.3) is 0 Å². The zero-order chi connectivity index (χ0) is 19.3. The van der Waals surface area contributed by atoms with Crippen LogP contribution in [0.5, 0.6) is 0 Å². The molecule has 0 radical (unpaired) electrons. The Morgan fingerprint density at radius 1 is 1.18 bits per heavy atom. The maximum absolute atomic E-state index is 12.5. The van der Waals surface area contributed by atoms with E-state index in [2.05, 4.69) is 9.82 Å². The Morgan fingerprint density at radius 3 is 2.50 bits per heavy atom. The van der Waals surface area contributed by atoms with E-state index in [0.717, 1.165) is 18.4 Å². The van der Waals surface area contributed by atoms with Crippen molar-refractivity contribution in [3.8, 4) is 0 Å². The van der Waals surface area contributed by atoms with E-state index in [1.807, 2.05) is 23.1 Å². The number of piperidine rings is 1. The van der Waals surface area contributed by atoms with E-state index in [1.165, 1.54) is 0 Å². The molecule has 1 aliphatic heterocycles. The number of carbonyl (C=O) groups excluding carboxylic acids is 1. The summed E-state index contributed by atoms with van der Waals surface area (Å²) in [6.07, 6.45) is 3.40. The Bertz CT molecular complexity index is 864. The number of amides is 1. The third-order valence-corrected chi connectivity index (χ3v) is 5.88. The van der Waals surface area contributed by atoms with Crippen LogP contribution in [0.4, 0.5) is 5.82 Å². The highest BCUT2D eigenvalue weighted by Gasteiger charge is 2.26. The molecule has 28 heavy (non-hydrogen) atoms. The molecule has 10 heteroatoms. The number of likely N-dealkylation sites (tertiary alicyclic amines) is 1. The molecule has 0 aliphatic carbocycles. The fourth-order valence-electron chi connectivity index (χ4n) is 3.32. The van der Waals surface area contributed by atoms with Crippen molar-refractivity contribution in [3.63, 3.8) is 0 Å². The molecule has 1 aromatic carbocycles. The third-order valence-electron chi connectivity index (χ3n) is 4.65. The number of sulfonamides is 1. The van der Waals surface area contributed by atoms with Gasteiger partial charge in [-0.1, -0.05) is 30.3 Å². The summed E-state index contributed by atoms with van der Waals surface area (Å²) in [5, 5.41) is 4.30. The molecule has 1 aromatic heterocycles. The van der Waals surface area contributed by atoms with Gasteiger partial charge in [-0.25, -0.2) is 13.1 Å². The van der Waals surface area contributed by atoms with Gasteiger partial charge in [0, 0.05) is 32.1 Å². The maximum Gasteiger partial charge on any atom is 0.238 e. The Labute approximate surface area is 171 Å². The summed E-state index contributed by atoms with van der Waals surface area (Å²) in [6.45, 7) is 1.60. The summed E-state index contributed by atoms with van der Waals surface area (Å²) in [6, 6.07) is 10.8. The molecular formula is C18H26ClN5O3S. The second-order valence-electron chi connectivity index (χ2n) is 6.66. The van der Waals surface area contributed by atoms with E-state index in [1.54, 1.807) is 29.1 Å². The van der Waals surface area contributed by atoms with Gasteiger partial charge >= 0.3 is 0 Å². The number of nitrogens with two attached hydrogens (primary N) is 1. The molecule has 8 nitrogen and oxygen atoms in total. The molecule has 0 unspecified atom stereocenters. The number of benzene rings is 1. The largest absolute Gasteiger partial charge is 0.343 e. The van der Waals surface area contributed by atoms with Gasteiger partial charge in [-0.15, -0.1) is 12.4 Å². The number of rotatable bonds is 7. The molecule has 0 spiro atoms. The standard InChI is InChI=1S/C18H25N5O3S.ClH/c19-10-6-18(24)22-12-8-16(9-13-22)23-17(7-11-20-23)21-27(25,26)14-15-4-2-1-3-5-15;/h1-5,7,11,16,21H,6,8-10,12-14,19H2;1H. The average molecular weight is 428 g/mol. The van der Waals surface area contributed by atoms with Crippen molar-refractivity contribution in [1.29, 1.82) is 0 Å². The number of nitrogens with one attached hydrogen (secondary N) is 1. The van der Waals surface area contributed by atoms with Crippen LogP contribution in [-0.4, -0.2) is 48.6 Å². The van der Waals surface area contributed by atoms with Gasteiger partial charge in [-0.2, -0.15) is 5.10 Å². The summed E-state index contributed by atoms with van der Waals surface area (Å²) in [7, 11) is -3.54. The summed E-state index contributed by atoms with van der Waals surface area (Å²) in [4.78, 5) is 13.8. The first-order valence-corrected chi connectivity index (χ1v) is 10.7. The minimum Gasteiger partial charge on any atom is -0.343 e. The van der Waals surface area contributed by atoms with Crippen LogP contribution in [-0.2, 0) is 20.6 Å². The molecule has 3 rings (SSSR count). The van der Waals surface area contributed by atoms with Gasteiger partial charge < -0.3 is 10.6 Å². The van der Waals surface area contributed by atoms with Crippen molar-refractivity contribution in [3.05, 3.63) is 48.2 Å². The SMILES string of the molecule is Cl.NCCC(=O)N1CCC(n2nccc2NS(=O)(=O)Cc2ccccc2)CC1. The van der Waals surface area contributed by atoms with Crippen molar-refractivity contribution in [2.45, 2.75) is 31.1 Å². The van der Waals surface area contributed by atoms with Gasteiger partial charge in [-0.05, 0) is 18.4 Å². The highest BCUT2D eigenvalue weighted by atomic mass is 35.5. The van der Waals surface area contributed by atoms with Gasteiger partial charge in [0.1, 0.15) is 5.82 Å². The topological polar surface area (TPSA) is 110 Å². The van der Waals surface area contributed by atoms with Gasteiger partial charge in [-0.3, -0.25) is 9.52 Å². The highest BCUT2D eigenvalue weighted by Crippen LogP contribution is 2.26. The molecule has 3 N–H and O–H groups in total. The Hall–Kier alpha value is -2.10. The monoisotopic (exact) mass is 427 g/mol. The summed E-state index contributed by atoms with van der Waals surface area (Å²) in [5.74, 6) is 0.434. The molecule has 1 aliphatic rings. The van der Waals surface area contributed by atoms with Crippen LogP contribution < -0.4 is 10.5 Å². The van der Waals surface area contributed by atoms with Crippen LogP contribution >= 0.6 is 12.4 Å². The van der Waals surface area contributed by atoms with Crippen LogP contribution in [0.15, 0.2) is 42.6 Å². The number of hydrogen-bond acceptors (Lipinski definition) is 5. The maximum atomic E-state index is 12.5. The lowest BCUT2D eigenvalue weighted by molar-refractivity contribution is -0.132. The first-order valence-electron chi connectivity index (χ1n) is 9.04. The zero-order valence-electron chi connectivity index (χ0n) is 15.5. The number of anilines is 1. The minimum atomic E-state index is -3.54. The summed E-state index contributed by atoms with van der Waals surface area (Å²) >= 11 is 0. The molecule has 2 aromatic rings. The second-order valence-corrected chi connectivity index (χ2v) is 8.38. The summed E-state index contributed by atoms with van der Waals surface area (Å²) < 4.78 is 29.4. The molecule has 0 saturated carbocycles. The lowest BCUT2D eigenvalue weighted by Crippen LogP contribution is -2.40. The number of nitrogens with zero attached hydrogens (tertiary/aromatic N) is 3. The first kappa shape index (κ1) is 22.2. The Kier molecular flexibility index (Phi) is 7.85. The summed E-state index contributed by atoms with van der Waals surface area (Å²) in [5.41, 5.74) is 6.17. The third kappa shape index (κ3) is 5.70. The van der Waals surface area contributed by atoms with Crippen LogP contribution in [0.1, 0.15) is 30.9 Å². The number of aromatic nitrogens is 2. The molecule has 0 bridgehead atoms. The van der Waals surface area contributed by atoms with E-state index >= 15 is 0 Å². The van der Waals surface area contributed by atoms with Crippen molar-refractivity contribution in [2.75, 3.05) is 24.4 Å². The molecule has 1 saturated heterocycles. The van der Waals surface area contributed by atoms with E-state index in [-0.39, 0.29) is 30.1 Å². The lowest BCUT2D eigenvalue weighted by Gasteiger charge is -2.32. The lowest BCUT2D eigenvalue weighted by atomic mass is 10.0. The molecule has 1 fully saturated rings. The van der Waals surface area contributed by atoms with Gasteiger partial charge in [0.05, 0.1) is 18.0 Å². The van der Waals surface area contributed by atoms with E-state index in [9.17, 15) is 13.2 Å². The fourth-order valence-corrected chi connectivity index (χ4v) is 4.50. The number of carbonyl (C=O) groups is 1. The smallest absolute Gasteiger partial charge is 0.238 e. The van der Waals surface area contributed by atoms with Crippen LogP contribution in [0, 0.1) is 0 Å². The van der Waals surface area contributed by atoms with Gasteiger partial charge in [0.2, 0.25) is 15.9 Å². The molecule has 2 heterocycles. The molecule has 0 atom stereocenters. The van der Waals surface area contributed by atoms with Gasteiger partial charge in [0.15, 0.2) is 0 Å². The molecule has 1 amide bonds. The van der Waals surface area contributed by atoms with E-state index < -0.39 is 10.0 Å². The first-order chi connectivity index (χ1) is 13.0. The van der Waals surface area contributed by atoms with E-state index in [4.69, 9.17) is 5.73 Å². The highest BCUT2D eigenvalue weighted by molar-refractivity contribution is 7.91. The fraction of sp³-hybridized carbons (Fsp3) is 0.444. The van der Waals surface area contributed by atoms with Crippen molar-refractivity contribution < 1.29 is 13.2 Å². The molecular weight excluding hydrogens is 402 g/mol. The van der Waals surface area contributed by atoms with Crippen LogP contribution in [0.2, 0.25) is 0 Å². The average Bonchev–Trinajstić information content (AvgIpc) is 3.09. The van der Waals surface area contributed by atoms with Crippen LogP contribution in [0.25, 0.3) is 0 Å². The van der Waals surface area contributed by atoms with E-state index in [0.29, 0.717) is 31.9 Å².